The topological polar surface area (TPSA) is 20.2 Å². The first-order chi connectivity index (χ1) is 6.65. The zero-order valence-electron chi connectivity index (χ0n) is 8.71. The number of phenols is 1. The van der Waals surface area contributed by atoms with Gasteiger partial charge in [0.15, 0.2) is 0 Å². The van der Waals surface area contributed by atoms with Gasteiger partial charge in [0.2, 0.25) is 0 Å². The van der Waals surface area contributed by atoms with Crippen molar-refractivity contribution >= 4 is 16.7 Å². The Kier molecular flexibility index (Phi) is 4.08. The van der Waals surface area contributed by atoms with E-state index in [-0.39, 0.29) is 0 Å². The standard InChI is InChI=1S/C12H16OS/c1-4-7-14-10(3)12-8-11(13)6-5-9(12)2/h5-6,8,13H,3-4,7H2,1-2H3. The molecule has 0 radical (unpaired) electrons. The third-order valence-corrected chi connectivity index (χ3v) is 3.18. The lowest BCUT2D eigenvalue weighted by atomic mass is 10.1. The monoisotopic (exact) mass is 208 g/mol. The molecule has 1 rings (SSSR count). The van der Waals surface area contributed by atoms with Crippen LogP contribution in [0.4, 0.5) is 0 Å². The zero-order chi connectivity index (χ0) is 10.6. The van der Waals surface area contributed by atoms with Gasteiger partial charge in [-0.3, -0.25) is 0 Å². The molecule has 76 valence electrons. The summed E-state index contributed by atoms with van der Waals surface area (Å²) in [6.45, 7) is 8.20. The molecule has 0 heterocycles. The quantitative estimate of drug-likeness (QED) is 0.811. The highest BCUT2D eigenvalue weighted by molar-refractivity contribution is 8.08. The van der Waals surface area contributed by atoms with E-state index in [2.05, 4.69) is 13.5 Å². The van der Waals surface area contributed by atoms with Gasteiger partial charge in [-0.1, -0.05) is 19.6 Å². The van der Waals surface area contributed by atoms with Gasteiger partial charge in [-0.15, -0.1) is 11.8 Å². The summed E-state index contributed by atoms with van der Waals surface area (Å²) in [4.78, 5) is 1.04. The first-order valence-electron chi connectivity index (χ1n) is 4.77. The van der Waals surface area contributed by atoms with Gasteiger partial charge in [-0.25, -0.2) is 0 Å². The van der Waals surface area contributed by atoms with Crippen LogP contribution in [-0.4, -0.2) is 10.9 Å². The van der Waals surface area contributed by atoms with Gasteiger partial charge < -0.3 is 5.11 Å². The first kappa shape index (κ1) is 11.2. The molecule has 0 saturated carbocycles. The van der Waals surface area contributed by atoms with Crippen molar-refractivity contribution < 1.29 is 5.11 Å². The second kappa shape index (κ2) is 5.11. The summed E-state index contributed by atoms with van der Waals surface area (Å²) in [5.41, 5.74) is 2.22. The van der Waals surface area contributed by atoms with Crippen LogP contribution in [0.25, 0.3) is 4.91 Å². The lowest BCUT2D eigenvalue weighted by Gasteiger charge is -2.08. The predicted molar refractivity (Wildman–Crippen MR) is 64.6 cm³/mol. The predicted octanol–water partition coefficient (Wildman–Crippen LogP) is 3.81. The van der Waals surface area contributed by atoms with Crippen LogP contribution >= 0.6 is 11.8 Å². The van der Waals surface area contributed by atoms with Crippen molar-refractivity contribution in [3.05, 3.63) is 35.9 Å². The molecule has 0 atom stereocenters. The van der Waals surface area contributed by atoms with Gasteiger partial charge in [0, 0.05) is 4.91 Å². The van der Waals surface area contributed by atoms with Crippen LogP contribution in [0, 0.1) is 6.92 Å². The summed E-state index contributed by atoms with van der Waals surface area (Å²) < 4.78 is 0. The van der Waals surface area contributed by atoms with Gasteiger partial charge in [0.05, 0.1) is 0 Å². The Morgan fingerprint density at radius 2 is 2.21 bits per heavy atom. The Morgan fingerprint density at radius 3 is 2.86 bits per heavy atom. The Labute approximate surface area is 89.8 Å². The van der Waals surface area contributed by atoms with Gasteiger partial charge in [-0.05, 0) is 42.4 Å². The number of hydrogen-bond acceptors (Lipinski definition) is 2. The largest absolute Gasteiger partial charge is 0.508 e. The van der Waals surface area contributed by atoms with Crippen LogP contribution in [0.2, 0.25) is 0 Å². The van der Waals surface area contributed by atoms with Crippen molar-refractivity contribution in [2.24, 2.45) is 0 Å². The van der Waals surface area contributed by atoms with Crippen molar-refractivity contribution in [1.82, 2.24) is 0 Å². The maximum absolute atomic E-state index is 9.36. The molecular formula is C12H16OS. The summed E-state index contributed by atoms with van der Waals surface area (Å²) in [7, 11) is 0. The van der Waals surface area contributed by atoms with Crippen LogP contribution in [0.5, 0.6) is 5.75 Å². The molecule has 0 bridgehead atoms. The Balaban J connectivity index is 2.83. The minimum Gasteiger partial charge on any atom is -0.508 e. The third-order valence-electron chi connectivity index (χ3n) is 2.00. The van der Waals surface area contributed by atoms with Gasteiger partial charge in [-0.2, -0.15) is 0 Å². The van der Waals surface area contributed by atoms with Crippen molar-refractivity contribution in [2.75, 3.05) is 5.75 Å². The molecule has 1 aromatic carbocycles. The molecule has 0 spiro atoms. The number of aryl methyl sites for hydroxylation is 1. The lowest BCUT2D eigenvalue weighted by Crippen LogP contribution is -1.85. The van der Waals surface area contributed by atoms with Crippen LogP contribution in [-0.2, 0) is 0 Å². The summed E-state index contributed by atoms with van der Waals surface area (Å²) in [6.07, 6.45) is 1.14. The molecule has 0 aliphatic rings. The lowest BCUT2D eigenvalue weighted by molar-refractivity contribution is 0.475. The summed E-state index contributed by atoms with van der Waals surface area (Å²) >= 11 is 1.75. The number of aromatic hydroxyl groups is 1. The number of hydrogen-bond donors (Lipinski definition) is 1. The molecule has 1 N–H and O–H groups in total. The van der Waals surface area contributed by atoms with E-state index in [9.17, 15) is 5.11 Å². The van der Waals surface area contributed by atoms with E-state index in [1.54, 1.807) is 23.9 Å². The Bertz CT molecular complexity index is 331. The van der Waals surface area contributed by atoms with Crippen molar-refractivity contribution in [3.63, 3.8) is 0 Å². The fraction of sp³-hybridized carbons (Fsp3) is 0.333. The second-order valence-electron chi connectivity index (χ2n) is 3.27. The highest BCUT2D eigenvalue weighted by Crippen LogP contribution is 2.30. The van der Waals surface area contributed by atoms with Gasteiger partial charge >= 0.3 is 0 Å². The SMILES string of the molecule is C=C(SCCC)c1cc(O)ccc1C. The van der Waals surface area contributed by atoms with Crippen LogP contribution in [0.3, 0.4) is 0 Å². The van der Waals surface area contributed by atoms with Crippen LogP contribution < -0.4 is 0 Å². The minimum atomic E-state index is 0.309. The van der Waals surface area contributed by atoms with E-state index < -0.39 is 0 Å². The van der Waals surface area contributed by atoms with Crippen LogP contribution in [0.1, 0.15) is 24.5 Å². The highest BCUT2D eigenvalue weighted by atomic mass is 32.2. The van der Waals surface area contributed by atoms with E-state index in [4.69, 9.17) is 0 Å². The molecule has 2 heteroatoms. The second-order valence-corrected chi connectivity index (χ2v) is 4.46. The summed E-state index contributed by atoms with van der Waals surface area (Å²) in [5.74, 6) is 1.39. The van der Waals surface area contributed by atoms with E-state index >= 15 is 0 Å². The maximum Gasteiger partial charge on any atom is 0.116 e. The van der Waals surface area contributed by atoms with Crippen molar-refractivity contribution in [1.29, 1.82) is 0 Å². The van der Waals surface area contributed by atoms with E-state index in [0.717, 1.165) is 28.2 Å². The van der Waals surface area contributed by atoms with Gasteiger partial charge in [0.1, 0.15) is 5.75 Å². The molecule has 1 aromatic rings. The zero-order valence-corrected chi connectivity index (χ0v) is 9.53. The third kappa shape index (κ3) is 2.81. The first-order valence-corrected chi connectivity index (χ1v) is 5.75. The smallest absolute Gasteiger partial charge is 0.116 e. The molecule has 0 aromatic heterocycles. The molecule has 0 saturated heterocycles. The molecule has 0 aliphatic heterocycles. The number of thioether (sulfide) groups is 1. The molecule has 0 fully saturated rings. The number of rotatable bonds is 4. The average molecular weight is 208 g/mol. The van der Waals surface area contributed by atoms with E-state index in [1.165, 1.54) is 0 Å². The number of phenolic OH excluding ortho intramolecular Hbond substituents is 1. The highest BCUT2D eigenvalue weighted by Gasteiger charge is 2.04. The van der Waals surface area contributed by atoms with E-state index in [1.807, 2.05) is 13.0 Å². The molecule has 14 heavy (non-hydrogen) atoms. The average Bonchev–Trinajstić information content (AvgIpc) is 2.18. The molecule has 0 aliphatic carbocycles. The van der Waals surface area contributed by atoms with Gasteiger partial charge in [0.25, 0.3) is 0 Å². The normalized spacial score (nSPS) is 10.1. The molecule has 1 nitrogen and oxygen atoms in total. The van der Waals surface area contributed by atoms with Crippen LogP contribution in [0.15, 0.2) is 24.8 Å². The van der Waals surface area contributed by atoms with Crippen molar-refractivity contribution in [2.45, 2.75) is 20.3 Å². The minimum absolute atomic E-state index is 0.309. The maximum atomic E-state index is 9.36. The Hall–Kier alpha value is -0.890. The fourth-order valence-corrected chi connectivity index (χ4v) is 2.04. The Morgan fingerprint density at radius 1 is 1.50 bits per heavy atom. The van der Waals surface area contributed by atoms with E-state index in [0.29, 0.717) is 5.75 Å². The summed E-state index contributed by atoms with van der Waals surface area (Å²) in [5, 5.41) is 9.36. The fourth-order valence-electron chi connectivity index (χ4n) is 1.21. The molecular weight excluding hydrogens is 192 g/mol. The molecule has 0 unspecified atom stereocenters. The molecule has 0 amide bonds. The number of benzene rings is 1. The summed E-state index contributed by atoms with van der Waals surface area (Å²) in [6, 6.07) is 5.40. The van der Waals surface area contributed by atoms with Crippen molar-refractivity contribution in [3.8, 4) is 5.75 Å².